The van der Waals surface area contributed by atoms with Gasteiger partial charge in [-0.2, -0.15) is 5.48 Å². The molecule has 11 heavy (non-hydrogen) atoms. The maximum atomic E-state index is 10.5. The molecule has 0 spiro atoms. The monoisotopic (exact) mass is 160 g/mol. The van der Waals surface area contributed by atoms with Crippen LogP contribution in [0.1, 0.15) is 13.3 Å². The van der Waals surface area contributed by atoms with Crippen molar-refractivity contribution in [3.05, 3.63) is 0 Å². The highest BCUT2D eigenvalue weighted by Crippen LogP contribution is 2.17. The molecule has 5 nitrogen and oxygen atoms in total. The van der Waals surface area contributed by atoms with E-state index in [1.54, 1.807) is 0 Å². The van der Waals surface area contributed by atoms with Crippen LogP contribution in [0.3, 0.4) is 0 Å². The van der Waals surface area contributed by atoms with E-state index in [1.807, 2.05) is 12.4 Å². The molecule has 64 valence electrons. The Kier molecular flexibility index (Phi) is 2.43. The number of aliphatic carboxylic acids is 1. The number of hydrogen-bond donors (Lipinski definition) is 4. The minimum atomic E-state index is -0.866. The summed E-state index contributed by atoms with van der Waals surface area (Å²) in [6.07, 6.45) is 0.346. The van der Waals surface area contributed by atoms with Crippen LogP contribution < -0.4 is 10.8 Å². The highest BCUT2D eigenvalue weighted by Gasteiger charge is 2.34. The average Bonchev–Trinajstić information content (AvgIpc) is 2.30. The number of hydrogen-bond acceptors (Lipinski definition) is 4. The van der Waals surface area contributed by atoms with Gasteiger partial charge in [0.2, 0.25) is 0 Å². The van der Waals surface area contributed by atoms with Gasteiger partial charge in [-0.1, -0.05) is 6.92 Å². The van der Waals surface area contributed by atoms with Crippen molar-refractivity contribution in [2.24, 2.45) is 5.92 Å². The van der Waals surface area contributed by atoms with Gasteiger partial charge in [0, 0.05) is 0 Å². The minimum absolute atomic E-state index is 0.0529. The molecule has 0 unspecified atom stereocenters. The molecule has 1 heterocycles. The van der Waals surface area contributed by atoms with Crippen LogP contribution >= 0.6 is 0 Å². The second kappa shape index (κ2) is 3.17. The molecule has 3 atom stereocenters. The molecule has 1 saturated heterocycles. The zero-order chi connectivity index (χ0) is 8.43. The van der Waals surface area contributed by atoms with Crippen molar-refractivity contribution in [3.63, 3.8) is 0 Å². The fraction of sp³-hybridized carbons (Fsp3) is 0.833. The second-order valence-corrected chi connectivity index (χ2v) is 2.88. The Morgan fingerprint density at radius 1 is 1.73 bits per heavy atom. The number of hydroxylamine groups is 1. The Morgan fingerprint density at radius 3 is 2.64 bits per heavy atom. The van der Waals surface area contributed by atoms with E-state index in [0.717, 1.165) is 0 Å². The number of carboxylic acid groups (broad SMARTS) is 1. The van der Waals surface area contributed by atoms with Crippen molar-refractivity contribution >= 4 is 5.97 Å². The van der Waals surface area contributed by atoms with E-state index in [0.29, 0.717) is 6.42 Å². The molecule has 1 aliphatic rings. The summed E-state index contributed by atoms with van der Waals surface area (Å²) in [5.41, 5.74) is 2.00. The largest absolute Gasteiger partial charge is 0.480 e. The first-order valence-electron chi connectivity index (χ1n) is 3.53. The molecule has 0 aromatic carbocycles. The first kappa shape index (κ1) is 8.45. The molecule has 0 aliphatic carbocycles. The van der Waals surface area contributed by atoms with Gasteiger partial charge < -0.3 is 10.3 Å². The van der Waals surface area contributed by atoms with E-state index in [-0.39, 0.29) is 12.1 Å². The third kappa shape index (κ3) is 1.68. The molecule has 0 bridgehead atoms. The Hall–Kier alpha value is -0.650. The van der Waals surface area contributed by atoms with Crippen LogP contribution in [0.25, 0.3) is 0 Å². The summed E-state index contributed by atoms with van der Waals surface area (Å²) < 4.78 is 0. The fourth-order valence-electron chi connectivity index (χ4n) is 1.36. The summed E-state index contributed by atoms with van der Waals surface area (Å²) in [5, 5.41) is 19.8. The summed E-state index contributed by atoms with van der Waals surface area (Å²) in [4.78, 5) is 10.5. The van der Waals surface area contributed by atoms with Gasteiger partial charge >= 0.3 is 5.97 Å². The zero-order valence-electron chi connectivity index (χ0n) is 6.24. The first-order valence-corrected chi connectivity index (χ1v) is 3.53. The molecule has 1 aliphatic heterocycles. The lowest BCUT2D eigenvalue weighted by Gasteiger charge is -2.09. The van der Waals surface area contributed by atoms with Gasteiger partial charge in [-0.3, -0.25) is 10.1 Å². The van der Waals surface area contributed by atoms with Crippen molar-refractivity contribution in [1.29, 1.82) is 0 Å². The predicted octanol–water partition coefficient (Wildman–Crippen LogP) is -0.626. The van der Waals surface area contributed by atoms with Gasteiger partial charge in [-0.05, 0) is 12.3 Å². The third-order valence-electron chi connectivity index (χ3n) is 1.98. The lowest BCUT2D eigenvalue weighted by Crippen LogP contribution is -2.42. The first-order chi connectivity index (χ1) is 5.15. The number of rotatable bonds is 2. The van der Waals surface area contributed by atoms with Crippen LogP contribution in [-0.4, -0.2) is 28.5 Å². The van der Waals surface area contributed by atoms with Gasteiger partial charge in [0.15, 0.2) is 0 Å². The molecular weight excluding hydrogens is 148 g/mol. The predicted molar refractivity (Wildman–Crippen MR) is 37.1 cm³/mol. The van der Waals surface area contributed by atoms with E-state index in [1.165, 1.54) is 0 Å². The summed E-state index contributed by atoms with van der Waals surface area (Å²) in [6, 6.07) is -0.542. The highest BCUT2D eigenvalue weighted by molar-refractivity contribution is 5.74. The van der Waals surface area contributed by atoms with Crippen LogP contribution in [0, 0.1) is 5.92 Å². The maximum Gasteiger partial charge on any atom is 0.321 e. The highest BCUT2D eigenvalue weighted by atomic mass is 16.5. The summed E-state index contributed by atoms with van der Waals surface area (Å²) in [7, 11) is 0. The van der Waals surface area contributed by atoms with Crippen molar-refractivity contribution in [2.75, 3.05) is 0 Å². The number of carboxylic acids is 1. The quantitative estimate of drug-likeness (QED) is 0.404. The van der Waals surface area contributed by atoms with E-state index < -0.39 is 12.0 Å². The molecule has 0 radical (unpaired) electrons. The van der Waals surface area contributed by atoms with Gasteiger partial charge in [-0.25, -0.2) is 0 Å². The van der Waals surface area contributed by atoms with Gasteiger partial charge in [0.05, 0.1) is 6.17 Å². The van der Waals surface area contributed by atoms with Crippen molar-refractivity contribution in [2.45, 2.75) is 25.6 Å². The third-order valence-corrected chi connectivity index (χ3v) is 1.98. The Bertz CT molecular complexity index is 162. The SMILES string of the molecule is C[C@H]1C[C@@H](NO)N[C@H]1C(=O)O. The Balaban J connectivity index is 2.51. The molecular formula is C6H12N2O3. The van der Waals surface area contributed by atoms with Crippen molar-refractivity contribution < 1.29 is 15.1 Å². The van der Waals surface area contributed by atoms with Crippen LogP contribution in [0.4, 0.5) is 0 Å². The lowest BCUT2D eigenvalue weighted by atomic mass is 10.0. The van der Waals surface area contributed by atoms with Crippen molar-refractivity contribution in [1.82, 2.24) is 10.8 Å². The normalized spacial score (nSPS) is 37.5. The van der Waals surface area contributed by atoms with Crippen LogP contribution in [-0.2, 0) is 4.79 Å². The average molecular weight is 160 g/mol. The van der Waals surface area contributed by atoms with Gasteiger partial charge in [0.25, 0.3) is 0 Å². The minimum Gasteiger partial charge on any atom is -0.480 e. The zero-order valence-corrected chi connectivity index (χ0v) is 6.24. The van der Waals surface area contributed by atoms with Gasteiger partial charge in [-0.15, -0.1) is 0 Å². The van der Waals surface area contributed by atoms with Gasteiger partial charge in [0.1, 0.15) is 6.04 Å². The topological polar surface area (TPSA) is 81.6 Å². The summed E-state index contributed by atoms with van der Waals surface area (Å²) >= 11 is 0. The smallest absolute Gasteiger partial charge is 0.321 e. The van der Waals surface area contributed by atoms with Crippen LogP contribution in [0.2, 0.25) is 0 Å². The molecule has 0 saturated carbocycles. The summed E-state index contributed by atoms with van der Waals surface area (Å²) in [5.74, 6) is -0.813. The Labute approximate surface area is 64.4 Å². The number of carbonyl (C=O) groups is 1. The second-order valence-electron chi connectivity index (χ2n) is 2.88. The van der Waals surface area contributed by atoms with Crippen LogP contribution in [0.5, 0.6) is 0 Å². The number of nitrogens with one attached hydrogen (secondary N) is 2. The molecule has 1 fully saturated rings. The molecule has 4 N–H and O–H groups in total. The van der Waals surface area contributed by atoms with E-state index >= 15 is 0 Å². The molecule has 1 rings (SSSR count). The van der Waals surface area contributed by atoms with E-state index in [2.05, 4.69) is 5.32 Å². The molecule has 5 heteroatoms. The molecule has 0 amide bonds. The maximum absolute atomic E-state index is 10.5. The Morgan fingerprint density at radius 2 is 2.36 bits per heavy atom. The lowest BCUT2D eigenvalue weighted by molar-refractivity contribution is -0.140. The van der Waals surface area contributed by atoms with E-state index in [9.17, 15) is 4.79 Å². The van der Waals surface area contributed by atoms with Crippen LogP contribution in [0.15, 0.2) is 0 Å². The van der Waals surface area contributed by atoms with E-state index in [4.69, 9.17) is 10.3 Å². The fourth-order valence-corrected chi connectivity index (χ4v) is 1.36. The molecule has 0 aromatic heterocycles. The standard InChI is InChI=1S/C6H12N2O3/c1-3-2-4(8-11)7-5(3)6(9)10/h3-5,7-8,11H,2H2,1H3,(H,9,10)/t3-,4+,5+/m0/s1. The summed E-state index contributed by atoms with van der Waals surface area (Å²) in [6.45, 7) is 1.84. The molecule has 0 aromatic rings. The van der Waals surface area contributed by atoms with Crippen molar-refractivity contribution in [3.8, 4) is 0 Å².